The Balaban J connectivity index is 1.50. The van der Waals surface area contributed by atoms with Crippen LogP contribution < -0.4 is 14.2 Å². The minimum absolute atomic E-state index is 0.0189. The zero-order valence-corrected chi connectivity index (χ0v) is 16.7. The van der Waals surface area contributed by atoms with Gasteiger partial charge in [0.2, 0.25) is 0 Å². The van der Waals surface area contributed by atoms with Gasteiger partial charge in [0.15, 0.2) is 17.6 Å². The van der Waals surface area contributed by atoms with Crippen molar-refractivity contribution in [1.29, 1.82) is 0 Å². The smallest absolute Gasteiger partial charge is 0.263 e. The number of fused-ring (bicyclic) bond motifs is 1. The Hall–Kier alpha value is -2.40. The van der Waals surface area contributed by atoms with Crippen molar-refractivity contribution in [3.63, 3.8) is 0 Å². The molecule has 6 heteroatoms. The van der Waals surface area contributed by atoms with Crippen LogP contribution in [0.4, 0.5) is 0 Å². The highest BCUT2D eigenvalue weighted by Gasteiger charge is 2.33. The molecular weight excluding hydrogens is 378 g/mol. The molecule has 0 spiro atoms. The van der Waals surface area contributed by atoms with E-state index in [0.29, 0.717) is 24.0 Å². The van der Waals surface area contributed by atoms with E-state index in [4.69, 9.17) is 25.8 Å². The normalized spacial score (nSPS) is 19.8. The van der Waals surface area contributed by atoms with Crippen LogP contribution in [0.15, 0.2) is 42.5 Å². The van der Waals surface area contributed by atoms with Crippen LogP contribution in [0.5, 0.6) is 17.2 Å². The Bertz CT molecular complexity index is 856. The minimum Gasteiger partial charge on any atom is -0.490 e. The number of carbonyl (C=O) groups excluding carboxylic acids is 1. The number of rotatable bonds is 4. The molecule has 148 valence electrons. The Kier molecular flexibility index (Phi) is 5.62. The Morgan fingerprint density at radius 3 is 2.79 bits per heavy atom. The Morgan fingerprint density at radius 1 is 1.14 bits per heavy atom. The fourth-order valence-electron chi connectivity index (χ4n) is 3.79. The molecule has 0 aliphatic carbocycles. The van der Waals surface area contributed by atoms with Crippen molar-refractivity contribution in [2.24, 2.45) is 0 Å². The van der Waals surface area contributed by atoms with Gasteiger partial charge in [-0.3, -0.25) is 4.79 Å². The number of amides is 1. The zero-order valence-electron chi connectivity index (χ0n) is 15.9. The number of hydrogen-bond acceptors (Lipinski definition) is 4. The lowest BCUT2D eigenvalue weighted by Gasteiger charge is -2.28. The first kappa shape index (κ1) is 18.9. The van der Waals surface area contributed by atoms with Gasteiger partial charge in [-0.1, -0.05) is 23.7 Å². The largest absolute Gasteiger partial charge is 0.490 e. The predicted molar refractivity (Wildman–Crippen MR) is 107 cm³/mol. The van der Waals surface area contributed by atoms with E-state index in [-0.39, 0.29) is 11.9 Å². The second-order valence-electron chi connectivity index (χ2n) is 7.16. The zero-order chi connectivity index (χ0) is 19.5. The molecule has 2 aromatic carbocycles. The van der Waals surface area contributed by atoms with Gasteiger partial charge in [0.05, 0.1) is 19.3 Å². The first-order valence-electron chi connectivity index (χ1n) is 9.74. The average molecular weight is 402 g/mol. The van der Waals surface area contributed by atoms with E-state index >= 15 is 0 Å². The molecule has 2 aliphatic rings. The molecule has 2 aliphatic heterocycles. The molecule has 2 atom stereocenters. The molecule has 1 saturated heterocycles. The van der Waals surface area contributed by atoms with Crippen molar-refractivity contribution in [2.75, 3.05) is 19.8 Å². The molecule has 2 unspecified atom stereocenters. The van der Waals surface area contributed by atoms with Gasteiger partial charge in [0, 0.05) is 18.0 Å². The number of nitrogens with zero attached hydrogens (tertiary/aromatic N) is 1. The Labute approximate surface area is 170 Å². The number of benzene rings is 2. The third-order valence-electron chi connectivity index (χ3n) is 5.15. The second-order valence-corrected chi connectivity index (χ2v) is 7.60. The lowest BCUT2D eigenvalue weighted by molar-refractivity contribution is -0.138. The lowest BCUT2D eigenvalue weighted by atomic mass is 10.0. The van der Waals surface area contributed by atoms with Crippen molar-refractivity contribution in [3.8, 4) is 17.2 Å². The number of hydrogen-bond donors (Lipinski definition) is 0. The summed E-state index contributed by atoms with van der Waals surface area (Å²) in [5.41, 5.74) is 1.07. The molecule has 1 fully saturated rings. The van der Waals surface area contributed by atoms with Gasteiger partial charge in [-0.15, -0.1) is 0 Å². The average Bonchev–Trinajstić information content (AvgIpc) is 3.06. The summed E-state index contributed by atoms with van der Waals surface area (Å²) >= 11 is 6.01. The SMILES string of the molecule is CC(Oc1cccc(Cl)c1)C(=O)N1CCCC1c1ccc2c(c1)OCCCO2. The van der Waals surface area contributed by atoms with Crippen LogP contribution in [0.25, 0.3) is 0 Å². The summed E-state index contributed by atoms with van der Waals surface area (Å²) in [5, 5.41) is 0.586. The molecule has 0 radical (unpaired) electrons. The van der Waals surface area contributed by atoms with Crippen molar-refractivity contribution >= 4 is 17.5 Å². The third-order valence-corrected chi connectivity index (χ3v) is 5.38. The maximum Gasteiger partial charge on any atom is 0.263 e. The summed E-state index contributed by atoms with van der Waals surface area (Å²) in [6.07, 6.45) is 2.18. The quantitative estimate of drug-likeness (QED) is 0.749. The van der Waals surface area contributed by atoms with Crippen molar-refractivity contribution < 1.29 is 19.0 Å². The predicted octanol–water partition coefficient (Wildman–Crippen LogP) is 4.63. The van der Waals surface area contributed by atoms with Gasteiger partial charge in [-0.25, -0.2) is 0 Å². The van der Waals surface area contributed by atoms with E-state index in [1.54, 1.807) is 25.1 Å². The molecule has 1 amide bonds. The van der Waals surface area contributed by atoms with E-state index in [1.807, 2.05) is 29.2 Å². The summed E-state index contributed by atoms with van der Waals surface area (Å²) in [6, 6.07) is 13.1. The highest BCUT2D eigenvalue weighted by Crippen LogP contribution is 2.38. The molecule has 0 N–H and O–H groups in total. The minimum atomic E-state index is -0.584. The van der Waals surface area contributed by atoms with Gasteiger partial charge in [0.25, 0.3) is 5.91 Å². The van der Waals surface area contributed by atoms with E-state index in [2.05, 4.69) is 0 Å². The summed E-state index contributed by atoms with van der Waals surface area (Å²) < 4.78 is 17.4. The fraction of sp³-hybridized carbons (Fsp3) is 0.409. The van der Waals surface area contributed by atoms with Crippen LogP contribution >= 0.6 is 11.6 Å². The summed E-state index contributed by atoms with van der Waals surface area (Å²) in [6.45, 7) is 3.82. The Morgan fingerprint density at radius 2 is 1.96 bits per heavy atom. The van der Waals surface area contributed by atoms with Crippen LogP contribution in [0, 0.1) is 0 Å². The number of likely N-dealkylation sites (tertiary alicyclic amines) is 1. The van der Waals surface area contributed by atoms with Crippen molar-refractivity contribution in [3.05, 3.63) is 53.1 Å². The fourth-order valence-corrected chi connectivity index (χ4v) is 3.97. The van der Waals surface area contributed by atoms with Crippen LogP contribution in [0.2, 0.25) is 5.02 Å². The first-order valence-corrected chi connectivity index (χ1v) is 10.1. The molecule has 0 bridgehead atoms. The lowest BCUT2D eigenvalue weighted by Crippen LogP contribution is -2.40. The molecular formula is C22H24ClNO4. The van der Waals surface area contributed by atoms with Gasteiger partial charge in [-0.05, 0) is 55.7 Å². The van der Waals surface area contributed by atoms with Crippen molar-refractivity contribution in [2.45, 2.75) is 38.3 Å². The highest BCUT2D eigenvalue weighted by atomic mass is 35.5. The molecule has 2 aromatic rings. The van der Waals surface area contributed by atoms with E-state index < -0.39 is 6.10 Å². The standard InChI is InChI=1S/C22H24ClNO4/c1-15(28-18-6-2-5-17(23)14-18)22(25)24-10-3-7-19(24)16-8-9-20-21(13-16)27-12-4-11-26-20/h2,5-6,8-9,13-15,19H,3-4,7,10-12H2,1H3. The first-order chi connectivity index (χ1) is 13.6. The van der Waals surface area contributed by atoms with Crippen LogP contribution in [-0.2, 0) is 4.79 Å². The van der Waals surface area contributed by atoms with Gasteiger partial charge >= 0.3 is 0 Å². The van der Waals surface area contributed by atoms with Gasteiger partial charge in [-0.2, -0.15) is 0 Å². The van der Waals surface area contributed by atoms with Crippen molar-refractivity contribution in [1.82, 2.24) is 4.90 Å². The maximum absolute atomic E-state index is 13.1. The van der Waals surface area contributed by atoms with E-state index in [1.165, 1.54) is 0 Å². The van der Waals surface area contributed by atoms with E-state index in [9.17, 15) is 4.79 Å². The van der Waals surface area contributed by atoms with Gasteiger partial charge < -0.3 is 19.1 Å². The number of ether oxygens (including phenoxy) is 3. The topological polar surface area (TPSA) is 48.0 Å². The summed E-state index contributed by atoms with van der Waals surface area (Å²) in [4.78, 5) is 15.0. The van der Waals surface area contributed by atoms with E-state index in [0.717, 1.165) is 42.9 Å². The number of halogens is 1. The molecule has 0 aromatic heterocycles. The van der Waals surface area contributed by atoms with Gasteiger partial charge in [0.1, 0.15) is 5.75 Å². The molecule has 28 heavy (non-hydrogen) atoms. The molecule has 0 saturated carbocycles. The highest BCUT2D eigenvalue weighted by molar-refractivity contribution is 6.30. The second kappa shape index (κ2) is 8.31. The molecule has 5 nitrogen and oxygen atoms in total. The molecule has 4 rings (SSSR count). The summed E-state index contributed by atoms with van der Waals surface area (Å²) in [7, 11) is 0. The monoisotopic (exact) mass is 401 g/mol. The number of carbonyl (C=O) groups is 1. The van der Waals surface area contributed by atoms with Crippen LogP contribution in [0.3, 0.4) is 0 Å². The van der Waals surface area contributed by atoms with Crippen LogP contribution in [0.1, 0.15) is 37.8 Å². The third kappa shape index (κ3) is 4.04. The summed E-state index contributed by atoms with van der Waals surface area (Å²) in [5.74, 6) is 2.11. The molecule has 2 heterocycles. The maximum atomic E-state index is 13.1. The van der Waals surface area contributed by atoms with Crippen LogP contribution in [-0.4, -0.2) is 36.7 Å².